The fourth-order valence-electron chi connectivity index (χ4n) is 2.86. The number of carbonyl (C=O) groups is 1. The van der Waals surface area contributed by atoms with Crippen LogP contribution in [0.3, 0.4) is 0 Å². The fourth-order valence-corrected chi connectivity index (χ4v) is 3.42. The number of anilines is 2. The number of piperazine rings is 1. The molecule has 1 amide bonds. The fraction of sp³-hybridized carbons (Fsp3) is 0.562. The number of hydrogen-bond acceptors (Lipinski definition) is 6. The second-order valence-electron chi connectivity index (χ2n) is 7.02. The second kappa shape index (κ2) is 7.68. The molecule has 1 aromatic carbocycles. The topological polar surface area (TPSA) is 108 Å². The summed E-state index contributed by atoms with van der Waals surface area (Å²) in [4.78, 5) is 14.7. The molecule has 9 nitrogen and oxygen atoms in total. The van der Waals surface area contributed by atoms with Crippen molar-refractivity contribution >= 4 is 27.3 Å². The van der Waals surface area contributed by atoms with Gasteiger partial charge in [0.25, 0.3) is 5.91 Å². The molecule has 0 radical (unpaired) electrons. The van der Waals surface area contributed by atoms with Crippen molar-refractivity contribution in [3.8, 4) is 11.5 Å². The van der Waals surface area contributed by atoms with E-state index in [0.717, 1.165) is 32.4 Å². The third-order valence-corrected chi connectivity index (χ3v) is 5.05. The molecular weight excluding hydrogens is 360 g/mol. The van der Waals surface area contributed by atoms with Gasteiger partial charge in [-0.25, -0.2) is 8.42 Å². The minimum Gasteiger partial charge on any atom is -0.506 e. The Balaban J connectivity index is 2.13. The predicted octanol–water partition coefficient (Wildman–Crippen LogP) is 0.103. The number of methoxy groups -OCH3 is 1. The highest BCUT2D eigenvalue weighted by Crippen LogP contribution is 2.36. The van der Waals surface area contributed by atoms with Crippen LogP contribution in [0, 0.1) is 0 Å². The van der Waals surface area contributed by atoms with Crippen molar-refractivity contribution in [3.63, 3.8) is 0 Å². The van der Waals surface area contributed by atoms with Gasteiger partial charge in [-0.3, -0.25) is 14.4 Å². The molecule has 1 aliphatic rings. The number of phenolic OH excluding ortho intramolecular Hbond substituents is 1. The lowest BCUT2D eigenvalue weighted by Gasteiger charge is -2.40. The minimum absolute atomic E-state index is 0.0135. The summed E-state index contributed by atoms with van der Waals surface area (Å²) in [6, 6.07) is 2.60. The van der Waals surface area contributed by atoms with E-state index in [1.165, 1.54) is 19.2 Å². The van der Waals surface area contributed by atoms with Crippen LogP contribution in [-0.4, -0.2) is 89.0 Å². The molecule has 0 aromatic heterocycles. The first-order chi connectivity index (χ1) is 12.0. The Labute approximate surface area is 154 Å². The number of sulfonamides is 1. The van der Waals surface area contributed by atoms with E-state index in [9.17, 15) is 18.3 Å². The van der Waals surface area contributed by atoms with Gasteiger partial charge in [0, 0.05) is 25.2 Å². The van der Waals surface area contributed by atoms with E-state index in [2.05, 4.69) is 22.0 Å². The number of aromatic hydroxyl groups is 1. The molecule has 26 heavy (non-hydrogen) atoms. The molecule has 0 bridgehead atoms. The number of amides is 1. The predicted molar refractivity (Wildman–Crippen MR) is 100 cm³/mol. The van der Waals surface area contributed by atoms with Crippen molar-refractivity contribution in [1.29, 1.82) is 0 Å². The highest BCUT2D eigenvalue weighted by Gasteiger charge is 2.30. The highest BCUT2D eigenvalue weighted by molar-refractivity contribution is 7.92. The number of phenols is 1. The molecule has 0 unspecified atom stereocenters. The van der Waals surface area contributed by atoms with Crippen LogP contribution >= 0.6 is 0 Å². The van der Waals surface area contributed by atoms with E-state index in [1.807, 2.05) is 7.05 Å². The van der Waals surface area contributed by atoms with Gasteiger partial charge in [0.1, 0.15) is 11.5 Å². The van der Waals surface area contributed by atoms with Gasteiger partial charge < -0.3 is 19.6 Å². The number of benzene rings is 1. The Hall–Kier alpha value is -2.04. The zero-order chi connectivity index (χ0) is 19.5. The van der Waals surface area contributed by atoms with Crippen LogP contribution in [0.5, 0.6) is 11.5 Å². The summed E-state index contributed by atoms with van der Waals surface area (Å²) in [5.41, 5.74) is 0.273. The maximum atomic E-state index is 12.5. The van der Waals surface area contributed by atoms with Gasteiger partial charge in [-0.2, -0.15) is 0 Å². The lowest BCUT2D eigenvalue weighted by molar-refractivity contribution is -0.905. The van der Waals surface area contributed by atoms with Gasteiger partial charge in [0.2, 0.25) is 10.0 Å². The molecule has 1 fully saturated rings. The number of likely N-dealkylation sites (N-methyl/N-ethyl adjacent to an activating group) is 2. The summed E-state index contributed by atoms with van der Waals surface area (Å²) in [6.45, 7) is 3.92. The van der Waals surface area contributed by atoms with Gasteiger partial charge in [-0.1, -0.05) is 0 Å². The van der Waals surface area contributed by atoms with Crippen LogP contribution < -0.4 is 14.8 Å². The van der Waals surface area contributed by atoms with Crippen LogP contribution in [0.1, 0.15) is 0 Å². The highest BCUT2D eigenvalue weighted by atomic mass is 32.2. The largest absolute Gasteiger partial charge is 0.506 e. The van der Waals surface area contributed by atoms with Crippen molar-refractivity contribution in [1.82, 2.24) is 4.90 Å². The molecule has 146 valence electrons. The molecule has 0 saturated carbocycles. The molecule has 0 aliphatic carbocycles. The lowest BCUT2D eigenvalue weighted by atomic mass is 10.2. The van der Waals surface area contributed by atoms with Crippen LogP contribution in [-0.2, 0) is 14.8 Å². The number of ether oxygens (including phenoxy) is 1. The van der Waals surface area contributed by atoms with Crippen molar-refractivity contribution in [2.45, 2.75) is 0 Å². The molecule has 1 aliphatic heterocycles. The van der Waals surface area contributed by atoms with Crippen LogP contribution in [0.25, 0.3) is 0 Å². The molecule has 1 aromatic rings. The zero-order valence-electron chi connectivity index (χ0n) is 15.6. The first kappa shape index (κ1) is 20.3. The van der Waals surface area contributed by atoms with E-state index in [1.54, 1.807) is 0 Å². The average molecular weight is 387 g/mol. The number of hydrogen-bond donors (Lipinski definition) is 3. The van der Waals surface area contributed by atoms with Gasteiger partial charge in [-0.15, -0.1) is 0 Å². The molecule has 0 atom stereocenters. The third kappa shape index (κ3) is 5.48. The van der Waals surface area contributed by atoms with Crippen molar-refractivity contribution < 1.29 is 27.5 Å². The van der Waals surface area contributed by atoms with Crippen LogP contribution in [0.15, 0.2) is 12.1 Å². The molecule has 1 saturated heterocycles. The molecule has 10 heteroatoms. The lowest BCUT2D eigenvalue weighted by Crippen LogP contribution is -2.58. The van der Waals surface area contributed by atoms with E-state index < -0.39 is 10.0 Å². The van der Waals surface area contributed by atoms with E-state index in [4.69, 9.17) is 4.74 Å². The summed E-state index contributed by atoms with van der Waals surface area (Å²) in [5.74, 6) is -0.242. The normalized spacial score (nSPS) is 17.5. The van der Waals surface area contributed by atoms with Crippen molar-refractivity contribution in [2.24, 2.45) is 0 Å². The van der Waals surface area contributed by atoms with Crippen LogP contribution in [0.4, 0.5) is 11.4 Å². The molecule has 3 N–H and O–H groups in total. The molecular formula is C16H27N4O5S+. The first-order valence-electron chi connectivity index (χ1n) is 8.22. The molecule has 0 spiro atoms. The van der Waals surface area contributed by atoms with Crippen LogP contribution in [0.2, 0.25) is 0 Å². The van der Waals surface area contributed by atoms with Crippen molar-refractivity contribution in [3.05, 3.63) is 12.1 Å². The Bertz CT molecular complexity index is 773. The zero-order valence-corrected chi connectivity index (χ0v) is 16.4. The Morgan fingerprint density at radius 2 is 1.92 bits per heavy atom. The smallest absolute Gasteiger partial charge is 0.279 e. The monoisotopic (exact) mass is 387 g/mol. The third-order valence-electron chi connectivity index (χ3n) is 4.46. The first-order valence-corrected chi connectivity index (χ1v) is 10.1. The summed E-state index contributed by atoms with van der Waals surface area (Å²) >= 11 is 0. The SMILES string of the molecule is COc1cc(NS(C)(=O)=O)c(O)cc1NC(=O)C[N+]1(C)CCN(C)CC1. The maximum Gasteiger partial charge on any atom is 0.279 e. The second-order valence-corrected chi connectivity index (χ2v) is 8.77. The summed E-state index contributed by atoms with van der Waals surface area (Å²) < 4.78 is 30.8. The van der Waals surface area contributed by atoms with E-state index in [0.29, 0.717) is 11.0 Å². The van der Waals surface area contributed by atoms with Gasteiger partial charge >= 0.3 is 0 Å². The summed E-state index contributed by atoms with van der Waals surface area (Å²) in [5, 5.41) is 12.8. The average Bonchev–Trinajstić information content (AvgIpc) is 2.51. The minimum atomic E-state index is -3.55. The number of carbonyl (C=O) groups excluding carboxylic acids is 1. The van der Waals surface area contributed by atoms with E-state index >= 15 is 0 Å². The van der Waals surface area contributed by atoms with Gasteiger partial charge in [-0.05, 0) is 7.05 Å². The Kier molecular flexibility index (Phi) is 5.99. The number of nitrogens with one attached hydrogen (secondary N) is 2. The van der Waals surface area contributed by atoms with E-state index in [-0.39, 0.29) is 28.8 Å². The Morgan fingerprint density at radius 1 is 1.31 bits per heavy atom. The van der Waals surface area contributed by atoms with Crippen molar-refractivity contribution in [2.75, 3.05) is 70.2 Å². The molecule has 2 rings (SSSR count). The number of rotatable bonds is 6. The summed E-state index contributed by atoms with van der Waals surface area (Å²) in [6.07, 6.45) is 0.981. The number of quaternary nitrogens is 1. The summed E-state index contributed by atoms with van der Waals surface area (Å²) in [7, 11) is 1.95. The molecule has 1 heterocycles. The standard InChI is InChI=1S/C16H26N4O5S/c1-19-5-7-20(2,8-6-19)11-16(22)17-13-9-14(21)12(10-15(13)25-3)18-26(4,23)24/h9-10,18H,5-8,11H2,1-4H3,(H-,17,21,22)/p+1. The number of nitrogens with zero attached hydrogens (tertiary/aromatic N) is 2. The maximum absolute atomic E-state index is 12.5. The Morgan fingerprint density at radius 3 is 2.46 bits per heavy atom. The van der Waals surface area contributed by atoms with Gasteiger partial charge in [0.05, 0.1) is 44.9 Å². The quantitative estimate of drug-likeness (QED) is 0.472. The van der Waals surface area contributed by atoms with Gasteiger partial charge in [0.15, 0.2) is 6.54 Å².